The third kappa shape index (κ3) is 2.62. The van der Waals surface area contributed by atoms with Gasteiger partial charge in [-0.25, -0.2) is 14.8 Å². The molecule has 1 amide bonds. The molecule has 24 heavy (non-hydrogen) atoms. The van der Waals surface area contributed by atoms with Crippen LogP contribution in [0.3, 0.4) is 0 Å². The third-order valence-corrected chi connectivity index (χ3v) is 5.19. The van der Waals surface area contributed by atoms with Crippen molar-refractivity contribution in [3.63, 3.8) is 0 Å². The number of carboxylic acids is 1. The number of nitrogens with zero attached hydrogens (tertiary/aromatic N) is 3. The highest BCUT2D eigenvalue weighted by Gasteiger charge is 2.75. The first-order valence-corrected chi connectivity index (χ1v) is 9.01. The molecular formula is C16H21N3O4S. The monoisotopic (exact) mass is 351 g/mol. The van der Waals surface area contributed by atoms with E-state index in [9.17, 15) is 14.7 Å². The van der Waals surface area contributed by atoms with Crippen LogP contribution in [-0.2, 0) is 14.9 Å². The van der Waals surface area contributed by atoms with Crippen molar-refractivity contribution in [2.45, 2.75) is 36.9 Å². The summed E-state index contributed by atoms with van der Waals surface area (Å²) in [6.45, 7) is 6.20. The highest BCUT2D eigenvalue weighted by Crippen LogP contribution is 2.63. The number of aliphatic carboxylic acids is 1. The number of thioether (sulfide) groups is 1. The van der Waals surface area contributed by atoms with Crippen LogP contribution >= 0.6 is 11.8 Å². The van der Waals surface area contributed by atoms with E-state index in [1.54, 1.807) is 17.2 Å². The number of aromatic nitrogens is 2. The fourth-order valence-corrected chi connectivity index (χ4v) is 3.94. The molecule has 3 rings (SSSR count). The lowest BCUT2D eigenvalue weighted by Crippen LogP contribution is -2.41. The van der Waals surface area contributed by atoms with Crippen molar-refractivity contribution in [3.05, 3.63) is 18.0 Å². The lowest BCUT2D eigenvalue weighted by Gasteiger charge is -2.27. The van der Waals surface area contributed by atoms with Crippen LogP contribution in [0.5, 0.6) is 0 Å². The topological polar surface area (TPSA) is 92.6 Å². The Morgan fingerprint density at radius 2 is 2.00 bits per heavy atom. The molecule has 8 heteroatoms. The molecule has 2 heterocycles. The standard InChI is InChI=1S/C16H21N3O4S/c1-15(2,3)23-14(22)19-7-9-10(8-19)16(9,12(20)21)11-5-6-17-13(18-11)24-4/h5-6,9-10H,7-8H2,1-4H3,(H,20,21)/t9-,10+,16?. The number of carbonyl (C=O) groups excluding carboxylic acids is 1. The molecule has 0 aromatic carbocycles. The fraction of sp³-hybridized carbons (Fsp3) is 0.625. The van der Waals surface area contributed by atoms with Crippen LogP contribution in [0, 0.1) is 11.8 Å². The van der Waals surface area contributed by atoms with Gasteiger partial charge in [0.25, 0.3) is 0 Å². The Bertz CT molecular complexity index is 676. The minimum absolute atomic E-state index is 0.132. The average molecular weight is 351 g/mol. The van der Waals surface area contributed by atoms with E-state index in [2.05, 4.69) is 9.97 Å². The zero-order chi connectivity index (χ0) is 17.7. The Hall–Kier alpha value is -1.83. The van der Waals surface area contributed by atoms with E-state index in [1.165, 1.54) is 11.8 Å². The smallest absolute Gasteiger partial charge is 0.410 e. The Balaban J connectivity index is 1.79. The molecule has 7 nitrogen and oxygen atoms in total. The van der Waals surface area contributed by atoms with Crippen LogP contribution in [0.25, 0.3) is 0 Å². The number of carbonyl (C=O) groups is 2. The highest BCUT2D eigenvalue weighted by atomic mass is 32.2. The summed E-state index contributed by atoms with van der Waals surface area (Å²) in [6.07, 6.45) is 3.06. The van der Waals surface area contributed by atoms with E-state index in [1.807, 2.05) is 27.0 Å². The van der Waals surface area contributed by atoms with Crippen molar-refractivity contribution in [1.29, 1.82) is 0 Å². The molecule has 0 radical (unpaired) electrons. The zero-order valence-corrected chi connectivity index (χ0v) is 15.0. The Labute approximate surface area is 144 Å². The van der Waals surface area contributed by atoms with Crippen LogP contribution in [0.4, 0.5) is 4.79 Å². The van der Waals surface area contributed by atoms with Crippen molar-refractivity contribution in [3.8, 4) is 0 Å². The van der Waals surface area contributed by atoms with Crippen molar-refractivity contribution >= 4 is 23.8 Å². The van der Waals surface area contributed by atoms with Crippen LogP contribution < -0.4 is 0 Å². The molecule has 130 valence electrons. The number of hydrogen-bond acceptors (Lipinski definition) is 6. The van der Waals surface area contributed by atoms with Crippen molar-refractivity contribution in [2.75, 3.05) is 19.3 Å². The molecule has 1 aromatic rings. The molecule has 1 aromatic heterocycles. The molecule has 1 aliphatic heterocycles. The summed E-state index contributed by atoms with van der Waals surface area (Å²) in [4.78, 5) is 34.3. The molecule has 1 saturated heterocycles. The minimum atomic E-state index is -1.01. The van der Waals surface area contributed by atoms with E-state index >= 15 is 0 Å². The maximum Gasteiger partial charge on any atom is 0.410 e. The summed E-state index contributed by atoms with van der Waals surface area (Å²) in [7, 11) is 0. The first-order valence-electron chi connectivity index (χ1n) is 7.79. The van der Waals surface area contributed by atoms with Gasteiger partial charge in [-0.15, -0.1) is 0 Å². The van der Waals surface area contributed by atoms with Gasteiger partial charge in [-0.2, -0.15) is 0 Å². The average Bonchev–Trinajstić information content (AvgIpc) is 2.90. The lowest BCUT2D eigenvalue weighted by atomic mass is 9.95. The van der Waals surface area contributed by atoms with Gasteiger partial charge in [0.2, 0.25) is 0 Å². The van der Waals surface area contributed by atoms with Gasteiger partial charge >= 0.3 is 12.1 Å². The van der Waals surface area contributed by atoms with Crippen LogP contribution in [0.2, 0.25) is 0 Å². The van der Waals surface area contributed by atoms with Crippen molar-refractivity contribution in [1.82, 2.24) is 14.9 Å². The quantitative estimate of drug-likeness (QED) is 0.658. The predicted molar refractivity (Wildman–Crippen MR) is 87.9 cm³/mol. The first kappa shape index (κ1) is 17.0. The van der Waals surface area contributed by atoms with Gasteiger partial charge in [-0.05, 0) is 33.1 Å². The van der Waals surface area contributed by atoms with Gasteiger partial charge in [0, 0.05) is 31.1 Å². The van der Waals surface area contributed by atoms with Gasteiger partial charge < -0.3 is 14.7 Å². The van der Waals surface area contributed by atoms with Gasteiger partial charge in [-0.1, -0.05) is 11.8 Å². The molecule has 1 saturated carbocycles. The van der Waals surface area contributed by atoms with Gasteiger partial charge in [0.15, 0.2) is 5.16 Å². The zero-order valence-electron chi connectivity index (χ0n) is 14.1. The fourth-order valence-electron chi connectivity index (χ4n) is 3.58. The van der Waals surface area contributed by atoms with Crippen molar-refractivity contribution in [2.24, 2.45) is 11.8 Å². The molecule has 1 N–H and O–H groups in total. The van der Waals surface area contributed by atoms with Crippen molar-refractivity contribution < 1.29 is 19.4 Å². The first-order chi connectivity index (χ1) is 11.2. The number of carboxylic acid groups (broad SMARTS) is 1. The largest absolute Gasteiger partial charge is 0.481 e. The lowest BCUT2D eigenvalue weighted by molar-refractivity contribution is -0.141. The molecule has 1 aliphatic carbocycles. The summed E-state index contributed by atoms with van der Waals surface area (Å²) in [5.74, 6) is -1.15. The Morgan fingerprint density at radius 3 is 2.50 bits per heavy atom. The van der Waals surface area contributed by atoms with E-state index in [0.717, 1.165) is 0 Å². The molecule has 0 bridgehead atoms. The van der Waals surface area contributed by atoms with Gasteiger partial charge in [-0.3, -0.25) is 4.79 Å². The molecule has 0 spiro atoms. The normalized spacial score (nSPS) is 28.4. The summed E-state index contributed by atoms with van der Waals surface area (Å²) in [5, 5.41) is 10.4. The number of likely N-dealkylation sites (tertiary alicyclic amines) is 1. The maximum atomic E-state index is 12.2. The second-order valence-corrected chi connectivity index (χ2v) is 7.97. The van der Waals surface area contributed by atoms with Crippen LogP contribution in [0.1, 0.15) is 26.5 Å². The van der Waals surface area contributed by atoms with E-state index in [-0.39, 0.29) is 17.9 Å². The van der Waals surface area contributed by atoms with E-state index in [0.29, 0.717) is 23.9 Å². The minimum Gasteiger partial charge on any atom is -0.481 e. The summed E-state index contributed by atoms with van der Waals surface area (Å²) < 4.78 is 5.37. The summed E-state index contributed by atoms with van der Waals surface area (Å²) >= 11 is 1.38. The number of hydrogen-bond donors (Lipinski definition) is 1. The molecule has 2 fully saturated rings. The molecular weight excluding hydrogens is 330 g/mol. The molecule has 1 unspecified atom stereocenters. The maximum absolute atomic E-state index is 12.2. The molecule has 3 atom stereocenters. The highest BCUT2D eigenvalue weighted by molar-refractivity contribution is 7.98. The third-order valence-electron chi connectivity index (χ3n) is 4.63. The second kappa shape index (κ2) is 5.61. The van der Waals surface area contributed by atoms with Crippen LogP contribution in [-0.4, -0.2) is 57.0 Å². The summed E-state index contributed by atoms with van der Waals surface area (Å²) in [5.41, 5.74) is -1.03. The Morgan fingerprint density at radius 1 is 1.38 bits per heavy atom. The van der Waals surface area contributed by atoms with Gasteiger partial charge in [0.05, 0.1) is 5.69 Å². The second-order valence-electron chi connectivity index (χ2n) is 7.20. The van der Waals surface area contributed by atoms with Gasteiger partial charge in [0.1, 0.15) is 11.0 Å². The number of piperidine rings is 1. The van der Waals surface area contributed by atoms with Crippen LogP contribution in [0.15, 0.2) is 17.4 Å². The number of ether oxygens (including phenoxy) is 1. The number of rotatable bonds is 3. The molecule has 2 aliphatic rings. The van der Waals surface area contributed by atoms with E-state index < -0.39 is 17.0 Å². The Kier molecular flexibility index (Phi) is 3.98. The van der Waals surface area contributed by atoms with E-state index in [4.69, 9.17) is 4.74 Å². The number of fused-ring (bicyclic) bond motifs is 1. The number of amides is 1. The SMILES string of the molecule is CSc1nccc(C2(C(=O)O)[C@@H]3CN(C(=O)OC(C)(C)C)C[C@@H]32)n1. The predicted octanol–water partition coefficient (Wildman–Crippen LogP) is 2.02. The summed E-state index contributed by atoms with van der Waals surface area (Å²) in [6, 6.07) is 1.67.